The van der Waals surface area contributed by atoms with Gasteiger partial charge in [0.25, 0.3) is 0 Å². The molecule has 0 bridgehead atoms. The fourth-order valence-electron chi connectivity index (χ4n) is 4.28. The van der Waals surface area contributed by atoms with Gasteiger partial charge in [-0.15, -0.1) is 0 Å². The first-order valence-corrected chi connectivity index (χ1v) is 12.4. The van der Waals surface area contributed by atoms with Crippen LogP contribution in [0.2, 0.25) is 0 Å². The molecule has 0 saturated carbocycles. The molecule has 2 rings (SSSR count). The predicted molar refractivity (Wildman–Crippen MR) is 135 cm³/mol. The molecule has 0 heterocycles. The Labute approximate surface area is 222 Å². The number of amides is 1. The highest BCUT2D eigenvalue weighted by Gasteiger charge is 2.72. The van der Waals surface area contributed by atoms with Gasteiger partial charge in [-0.25, -0.2) is 0 Å². The number of phenolic OH excluding ortho intramolecular Hbond substituents is 2. The zero-order chi connectivity index (χ0) is 29.6. The number of nitrogens with one attached hydrogen (secondary N) is 2. The number of ketones is 1. The molecular weight excluding hydrogens is 530 g/mol. The number of anilines is 2. The fourth-order valence-corrected chi connectivity index (χ4v) is 4.28. The van der Waals surface area contributed by atoms with Gasteiger partial charge in [0.05, 0.1) is 11.4 Å². The van der Waals surface area contributed by atoms with Gasteiger partial charge in [-0.3, -0.25) is 4.79 Å². The maximum absolute atomic E-state index is 14.4. The molecule has 0 aliphatic heterocycles. The normalized spacial score (nSPS) is 12.5. The molecule has 39 heavy (non-hydrogen) atoms. The highest BCUT2D eigenvalue weighted by Crippen LogP contribution is 2.57. The van der Waals surface area contributed by atoms with Crippen molar-refractivity contribution >= 4 is 23.1 Å². The summed E-state index contributed by atoms with van der Waals surface area (Å²) in [6.45, 7) is 4.82. The van der Waals surface area contributed by atoms with Gasteiger partial charge in [-0.2, -0.15) is 26.3 Å². The predicted octanol–water partition coefficient (Wildman–Crippen LogP) is 7.20. The minimum Gasteiger partial charge on any atom is -0.506 e. The summed E-state index contributed by atoms with van der Waals surface area (Å²) in [4.78, 5) is 23.1. The Morgan fingerprint density at radius 1 is 0.769 bits per heavy atom. The third-order valence-corrected chi connectivity index (χ3v) is 6.11. The summed E-state index contributed by atoms with van der Waals surface area (Å²) in [5.41, 5.74) is -7.62. The van der Waals surface area contributed by atoms with Crippen LogP contribution in [-0.4, -0.2) is 40.3 Å². The number of hydrogen-bond acceptors (Lipinski definition) is 5. The summed E-state index contributed by atoms with van der Waals surface area (Å²) in [7, 11) is 0. The van der Waals surface area contributed by atoms with Gasteiger partial charge in [-0.1, -0.05) is 25.0 Å². The molecule has 6 nitrogen and oxygen atoms in total. The van der Waals surface area contributed by atoms with Crippen molar-refractivity contribution < 1.29 is 46.1 Å². The highest BCUT2D eigenvalue weighted by molar-refractivity contribution is 5.92. The van der Waals surface area contributed by atoms with Crippen molar-refractivity contribution in [3.05, 3.63) is 47.5 Å². The van der Waals surface area contributed by atoms with Crippen molar-refractivity contribution in [3.8, 4) is 11.5 Å². The number of Topliss-reactive ketones (excluding diaryl/α,β-unsaturated/α-hetero) is 1. The Hall–Kier alpha value is -3.44. The largest absolute Gasteiger partial charge is 0.506 e. The summed E-state index contributed by atoms with van der Waals surface area (Å²) in [6, 6.07) is 3.30. The van der Waals surface area contributed by atoms with Gasteiger partial charge in [0.1, 0.15) is 17.3 Å². The van der Waals surface area contributed by atoms with E-state index in [4.69, 9.17) is 0 Å². The monoisotopic (exact) mass is 562 g/mol. The lowest BCUT2D eigenvalue weighted by Gasteiger charge is -2.38. The summed E-state index contributed by atoms with van der Waals surface area (Å²) in [5, 5.41) is 25.6. The Kier molecular flexibility index (Phi) is 10.3. The maximum Gasteiger partial charge on any atom is 0.411 e. The zero-order valence-electron chi connectivity index (χ0n) is 21.8. The SMILES string of the molecule is CC(=O)CCCCCCC(=O)Nc1ccc(C(c2ccc(NC(C)C)c(O)c2)(C(F)(F)F)C(F)(F)F)cc1O. The summed E-state index contributed by atoms with van der Waals surface area (Å²) < 4.78 is 86.5. The molecule has 0 aliphatic rings. The minimum absolute atomic E-state index is 0.00629. The van der Waals surface area contributed by atoms with E-state index in [1.54, 1.807) is 13.8 Å². The molecular formula is C27H32F6N2O4. The molecule has 0 saturated heterocycles. The Bertz CT molecular complexity index is 1150. The van der Waals surface area contributed by atoms with Gasteiger partial charge in [0.2, 0.25) is 11.3 Å². The smallest absolute Gasteiger partial charge is 0.411 e. The van der Waals surface area contributed by atoms with Crippen LogP contribution in [0, 0.1) is 0 Å². The van der Waals surface area contributed by atoms with E-state index >= 15 is 0 Å². The lowest BCUT2D eigenvalue weighted by molar-refractivity contribution is -0.288. The van der Waals surface area contributed by atoms with E-state index in [-0.39, 0.29) is 29.6 Å². The van der Waals surface area contributed by atoms with Crippen molar-refractivity contribution in [2.24, 2.45) is 0 Å². The van der Waals surface area contributed by atoms with E-state index < -0.39 is 46.3 Å². The second-order valence-electron chi connectivity index (χ2n) is 9.67. The van der Waals surface area contributed by atoms with Gasteiger partial charge in [0, 0.05) is 18.9 Å². The quantitative estimate of drug-likeness (QED) is 0.125. The van der Waals surface area contributed by atoms with Crippen LogP contribution in [0.15, 0.2) is 36.4 Å². The van der Waals surface area contributed by atoms with Crippen LogP contribution >= 0.6 is 0 Å². The third-order valence-electron chi connectivity index (χ3n) is 6.11. The first kappa shape index (κ1) is 31.8. The molecule has 0 unspecified atom stereocenters. The molecule has 2 aromatic carbocycles. The molecule has 2 aromatic rings. The van der Waals surface area contributed by atoms with E-state index in [1.807, 2.05) is 0 Å². The molecule has 1 amide bonds. The minimum atomic E-state index is -5.93. The number of unbranched alkanes of at least 4 members (excludes halogenated alkanes) is 3. The Morgan fingerprint density at radius 3 is 1.64 bits per heavy atom. The number of benzene rings is 2. The van der Waals surface area contributed by atoms with Crippen LogP contribution in [0.25, 0.3) is 0 Å². The van der Waals surface area contributed by atoms with Crippen LogP contribution in [0.4, 0.5) is 37.7 Å². The first-order valence-electron chi connectivity index (χ1n) is 12.4. The average molecular weight is 563 g/mol. The summed E-state index contributed by atoms with van der Waals surface area (Å²) in [6.07, 6.45) is -8.94. The van der Waals surface area contributed by atoms with Gasteiger partial charge in [-0.05, 0) is 69.0 Å². The zero-order valence-corrected chi connectivity index (χ0v) is 21.8. The number of alkyl halides is 6. The molecule has 216 valence electrons. The summed E-state index contributed by atoms with van der Waals surface area (Å²) >= 11 is 0. The maximum atomic E-state index is 14.4. The van der Waals surface area contributed by atoms with Gasteiger partial charge in [0.15, 0.2) is 0 Å². The number of carbonyl (C=O) groups excluding carboxylic acids is 2. The third kappa shape index (κ3) is 7.57. The van der Waals surface area contributed by atoms with E-state index in [0.29, 0.717) is 56.4 Å². The van der Waals surface area contributed by atoms with Crippen molar-refractivity contribution in [2.45, 2.75) is 83.1 Å². The topological polar surface area (TPSA) is 98.7 Å². The molecule has 0 atom stereocenters. The number of hydrogen-bond donors (Lipinski definition) is 4. The molecule has 0 aliphatic carbocycles. The Morgan fingerprint density at radius 2 is 1.23 bits per heavy atom. The number of carbonyl (C=O) groups is 2. The van der Waals surface area contributed by atoms with Crippen molar-refractivity contribution in [1.82, 2.24) is 0 Å². The van der Waals surface area contributed by atoms with E-state index in [1.165, 1.54) is 6.92 Å². The number of rotatable bonds is 12. The van der Waals surface area contributed by atoms with E-state index in [0.717, 1.165) is 12.1 Å². The first-order chi connectivity index (χ1) is 18.0. The number of phenols is 2. The van der Waals surface area contributed by atoms with Crippen molar-refractivity contribution in [3.63, 3.8) is 0 Å². The second kappa shape index (κ2) is 12.6. The number of halogens is 6. The van der Waals surface area contributed by atoms with Crippen molar-refractivity contribution in [1.29, 1.82) is 0 Å². The lowest BCUT2D eigenvalue weighted by Crippen LogP contribution is -2.54. The molecule has 0 fully saturated rings. The van der Waals surface area contributed by atoms with E-state index in [9.17, 15) is 46.1 Å². The molecule has 4 N–H and O–H groups in total. The Balaban J connectivity index is 2.39. The van der Waals surface area contributed by atoms with Gasteiger partial charge < -0.3 is 25.6 Å². The van der Waals surface area contributed by atoms with Crippen LogP contribution in [-0.2, 0) is 15.0 Å². The fraction of sp³-hybridized carbons (Fsp3) is 0.481. The lowest BCUT2D eigenvalue weighted by atomic mass is 9.72. The van der Waals surface area contributed by atoms with Crippen LogP contribution in [0.1, 0.15) is 70.4 Å². The molecule has 12 heteroatoms. The molecule has 0 radical (unpaired) electrons. The highest BCUT2D eigenvalue weighted by atomic mass is 19.4. The second-order valence-corrected chi connectivity index (χ2v) is 9.67. The number of aromatic hydroxyl groups is 2. The van der Waals surface area contributed by atoms with Crippen LogP contribution in [0.3, 0.4) is 0 Å². The molecule has 0 spiro atoms. The van der Waals surface area contributed by atoms with Crippen molar-refractivity contribution in [2.75, 3.05) is 10.6 Å². The average Bonchev–Trinajstić information content (AvgIpc) is 2.77. The van der Waals surface area contributed by atoms with E-state index in [2.05, 4.69) is 10.6 Å². The standard InChI is InChI=1S/C27H32F6N2O4/c1-16(2)34-20-12-10-18(14-22(20)37)25(26(28,29)30,27(31,32)33)19-11-13-21(23(38)15-19)35-24(39)9-7-5-4-6-8-17(3)36/h10-16,34,37-38H,4-9H2,1-3H3,(H,35,39). The van der Waals surface area contributed by atoms with Gasteiger partial charge >= 0.3 is 12.4 Å². The van der Waals surface area contributed by atoms with Crippen LogP contribution < -0.4 is 10.6 Å². The van der Waals surface area contributed by atoms with Crippen LogP contribution in [0.5, 0.6) is 11.5 Å². The molecule has 0 aromatic heterocycles. The summed E-state index contributed by atoms with van der Waals surface area (Å²) in [5.74, 6) is -2.32.